The average Bonchev–Trinajstić information content (AvgIpc) is 2.65. The zero-order valence-corrected chi connectivity index (χ0v) is 6.27. The van der Waals surface area contributed by atoms with Crippen molar-refractivity contribution in [3.63, 3.8) is 0 Å². The third-order valence-electron chi connectivity index (χ3n) is 2.17. The second kappa shape index (κ2) is 3.21. The highest BCUT2D eigenvalue weighted by Crippen LogP contribution is 2.34. The van der Waals surface area contributed by atoms with E-state index in [4.69, 9.17) is 5.73 Å². The zero-order valence-electron chi connectivity index (χ0n) is 6.27. The molecule has 9 heavy (non-hydrogen) atoms. The van der Waals surface area contributed by atoms with E-state index in [1.165, 1.54) is 25.7 Å². The molecule has 54 valence electrons. The van der Waals surface area contributed by atoms with E-state index in [1.807, 2.05) is 0 Å². The first-order valence-electron chi connectivity index (χ1n) is 4.03. The van der Waals surface area contributed by atoms with E-state index in [9.17, 15) is 0 Å². The Morgan fingerprint density at radius 1 is 1.56 bits per heavy atom. The van der Waals surface area contributed by atoms with Gasteiger partial charge in [-0.3, -0.25) is 0 Å². The van der Waals surface area contributed by atoms with Crippen LogP contribution in [0, 0.1) is 11.8 Å². The molecule has 0 aromatic carbocycles. The Kier molecular flexibility index (Phi) is 2.52. The van der Waals surface area contributed by atoms with Crippen LogP contribution in [0.2, 0.25) is 0 Å². The summed E-state index contributed by atoms with van der Waals surface area (Å²) in [5.74, 6) is 1.84. The summed E-state index contributed by atoms with van der Waals surface area (Å²) in [4.78, 5) is 0. The lowest BCUT2D eigenvalue weighted by Crippen LogP contribution is -2.10. The van der Waals surface area contributed by atoms with E-state index in [1.54, 1.807) is 0 Å². The average molecular weight is 127 g/mol. The van der Waals surface area contributed by atoms with Gasteiger partial charge in [-0.05, 0) is 24.8 Å². The number of hydrogen-bond acceptors (Lipinski definition) is 1. The first kappa shape index (κ1) is 7.07. The van der Waals surface area contributed by atoms with Gasteiger partial charge < -0.3 is 5.73 Å². The quantitative estimate of drug-likeness (QED) is 0.612. The Hall–Kier alpha value is -0.0400. The maximum atomic E-state index is 5.48. The molecule has 0 amide bonds. The maximum Gasteiger partial charge on any atom is -0.00515 e. The fourth-order valence-corrected chi connectivity index (χ4v) is 1.04. The van der Waals surface area contributed by atoms with Crippen LogP contribution in [0.25, 0.3) is 0 Å². The van der Waals surface area contributed by atoms with E-state index in [2.05, 4.69) is 6.92 Å². The van der Waals surface area contributed by atoms with Gasteiger partial charge in [-0.15, -0.1) is 0 Å². The number of rotatable bonds is 4. The predicted molar refractivity (Wildman–Crippen MR) is 40.2 cm³/mol. The SMILES string of the molecule is CC(CN)CCC1CC1. The van der Waals surface area contributed by atoms with Gasteiger partial charge in [0.1, 0.15) is 0 Å². The van der Waals surface area contributed by atoms with Gasteiger partial charge in [0.05, 0.1) is 0 Å². The smallest absolute Gasteiger partial charge is 0.00515 e. The highest BCUT2D eigenvalue weighted by atomic mass is 14.5. The van der Waals surface area contributed by atoms with Gasteiger partial charge in [-0.1, -0.05) is 26.2 Å². The van der Waals surface area contributed by atoms with E-state index >= 15 is 0 Å². The van der Waals surface area contributed by atoms with E-state index in [-0.39, 0.29) is 0 Å². The van der Waals surface area contributed by atoms with E-state index in [0.717, 1.165) is 18.4 Å². The fraction of sp³-hybridized carbons (Fsp3) is 1.00. The molecule has 1 fully saturated rings. The van der Waals surface area contributed by atoms with Gasteiger partial charge >= 0.3 is 0 Å². The topological polar surface area (TPSA) is 26.0 Å². The second-order valence-corrected chi connectivity index (χ2v) is 3.36. The first-order chi connectivity index (χ1) is 4.33. The van der Waals surface area contributed by atoms with Gasteiger partial charge in [0, 0.05) is 0 Å². The van der Waals surface area contributed by atoms with Crippen LogP contribution in [0.4, 0.5) is 0 Å². The van der Waals surface area contributed by atoms with Crippen LogP contribution < -0.4 is 5.73 Å². The monoisotopic (exact) mass is 127 g/mol. The van der Waals surface area contributed by atoms with Crippen LogP contribution in [0.15, 0.2) is 0 Å². The minimum Gasteiger partial charge on any atom is -0.330 e. The molecule has 2 N–H and O–H groups in total. The van der Waals surface area contributed by atoms with Crippen molar-refractivity contribution in [3.8, 4) is 0 Å². The standard InChI is InChI=1S/C8H17N/c1-7(6-9)2-3-8-4-5-8/h7-8H,2-6,9H2,1H3. The molecule has 0 spiro atoms. The Labute approximate surface area is 57.6 Å². The van der Waals surface area contributed by atoms with Crippen LogP contribution in [0.5, 0.6) is 0 Å². The molecule has 0 heterocycles. The molecule has 0 radical (unpaired) electrons. The molecule has 0 aromatic rings. The van der Waals surface area contributed by atoms with Crippen molar-refractivity contribution in [2.45, 2.75) is 32.6 Å². The fourth-order valence-electron chi connectivity index (χ4n) is 1.04. The molecule has 0 aromatic heterocycles. The molecule has 1 saturated carbocycles. The lowest BCUT2D eigenvalue weighted by atomic mass is 10.0. The molecule has 1 aliphatic rings. The largest absolute Gasteiger partial charge is 0.330 e. The minimum atomic E-state index is 0.755. The minimum absolute atomic E-state index is 0.755. The second-order valence-electron chi connectivity index (χ2n) is 3.36. The molecule has 0 bridgehead atoms. The van der Waals surface area contributed by atoms with Crippen molar-refractivity contribution in [1.82, 2.24) is 0 Å². The zero-order chi connectivity index (χ0) is 6.69. The highest BCUT2D eigenvalue weighted by Gasteiger charge is 2.20. The number of hydrogen-bond donors (Lipinski definition) is 1. The van der Waals surface area contributed by atoms with Crippen molar-refractivity contribution in [1.29, 1.82) is 0 Å². The summed E-state index contributed by atoms with van der Waals surface area (Å²) in [6.45, 7) is 3.11. The molecule has 0 aliphatic heterocycles. The van der Waals surface area contributed by atoms with Crippen molar-refractivity contribution < 1.29 is 0 Å². The van der Waals surface area contributed by atoms with E-state index in [0.29, 0.717) is 0 Å². The summed E-state index contributed by atoms with van der Waals surface area (Å²) in [5.41, 5.74) is 5.48. The summed E-state index contributed by atoms with van der Waals surface area (Å²) in [6, 6.07) is 0. The first-order valence-corrected chi connectivity index (χ1v) is 4.03. The normalized spacial score (nSPS) is 22.0. The van der Waals surface area contributed by atoms with Crippen molar-refractivity contribution in [3.05, 3.63) is 0 Å². The van der Waals surface area contributed by atoms with Gasteiger partial charge in [0.15, 0.2) is 0 Å². The molecule has 1 heteroatoms. The van der Waals surface area contributed by atoms with Crippen LogP contribution in [-0.2, 0) is 0 Å². The van der Waals surface area contributed by atoms with Crippen LogP contribution in [0.3, 0.4) is 0 Å². The third kappa shape index (κ3) is 2.85. The molecule has 1 aliphatic carbocycles. The molecular formula is C8H17N. The lowest BCUT2D eigenvalue weighted by Gasteiger charge is -2.05. The molecule has 1 rings (SSSR count). The summed E-state index contributed by atoms with van der Waals surface area (Å²) in [7, 11) is 0. The molecule has 1 atom stereocenters. The van der Waals surface area contributed by atoms with Crippen molar-refractivity contribution in [2.75, 3.05) is 6.54 Å². The molecule has 1 unspecified atom stereocenters. The molecule has 1 nitrogen and oxygen atoms in total. The van der Waals surface area contributed by atoms with Crippen LogP contribution in [0.1, 0.15) is 32.6 Å². The predicted octanol–water partition coefficient (Wildman–Crippen LogP) is 1.77. The van der Waals surface area contributed by atoms with Crippen molar-refractivity contribution in [2.24, 2.45) is 17.6 Å². The Morgan fingerprint density at radius 3 is 2.67 bits per heavy atom. The Morgan fingerprint density at radius 2 is 2.22 bits per heavy atom. The van der Waals surface area contributed by atoms with Crippen LogP contribution in [-0.4, -0.2) is 6.54 Å². The Bertz CT molecular complexity index is 76.6. The van der Waals surface area contributed by atoms with Gasteiger partial charge in [-0.2, -0.15) is 0 Å². The summed E-state index contributed by atoms with van der Waals surface area (Å²) in [6.07, 6.45) is 5.74. The van der Waals surface area contributed by atoms with Crippen molar-refractivity contribution >= 4 is 0 Å². The molecular weight excluding hydrogens is 110 g/mol. The molecule has 0 saturated heterocycles. The summed E-state index contributed by atoms with van der Waals surface area (Å²) in [5, 5.41) is 0. The van der Waals surface area contributed by atoms with Gasteiger partial charge in [0.25, 0.3) is 0 Å². The lowest BCUT2D eigenvalue weighted by molar-refractivity contribution is 0.499. The Balaban J connectivity index is 1.90. The summed E-state index contributed by atoms with van der Waals surface area (Å²) >= 11 is 0. The highest BCUT2D eigenvalue weighted by molar-refractivity contribution is 4.73. The summed E-state index contributed by atoms with van der Waals surface area (Å²) < 4.78 is 0. The van der Waals surface area contributed by atoms with Crippen LogP contribution >= 0.6 is 0 Å². The third-order valence-corrected chi connectivity index (χ3v) is 2.17. The number of nitrogens with two attached hydrogens (primary N) is 1. The van der Waals surface area contributed by atoms with Gasteiger partial charge in [-0.25, -0.2) is 0 Å². The van der Waals surface area contributed by atoms with E-state index < -0.39 is 0 Å². The maximum absolute atomic E-state index is 5.48. The van der Waals surface area contributed by atoms with Gasteiger partial charge in [0.2, 0.25) is 0 Å².